The maximum Gasteiger partial charge on any atom is 1.00 e. The van der Waals surface area contributed by atoms with Gasteiger partial charge in [0.1, 0.15) is 0 Å². The molecule has 0 aliphatic carbocycles. The number of hydrogen-bond acceptors (Lipinski definition) is 5. The molecule has 1 aromatic rings. The Balaban J connectivity index is 0.00000625. The Kier molecular flexibility index (Phi) is 10.5. The first-order valence-corrected chi connectivity index (χ1v) is 8.35. The summed E-state index contributed by atoms with van der Waals surface area (Å²) >= 11 is 5.84. The minimum atomic E-state index is -1.22. The summed E-state index contributed by atoms with van der Waals surface area (Å²) in [5.41, 5.74) is 0.0435. The van der Waals surface area contributed by atoms with E-state index >= 15 is 0 Å². The van der Waals surface area contributed by atoms with Crippen molar-refractivity contribution in [1.82, 2.24) is 5.32 Å². The van der Waals surface area contributed by atoms with Crippen molar-refractivity contribution in [3.8, 4) is 0 Å². The number of carbonyl (C=O) groups excluding carboxylic acids is 3. The zero-order chi connectivity index (χ0) is 19.2. The van der Waals surface area contributed by atoms with Gasteiger partial charge in [-0.25, -0.2) is 4.79 Å². The summed E-state index contributed by atoms with van der Waals surface area (Å²) in [5, 5.41) is 13.9. The second-order valence-electron chi connectivity index (χ2n) is 6.82. The molecule has 1 amide bonds. The Bertz CT molecular complexity index is 627. The first-order chi connectivity index (χ1) is 11.5. The molecule has 1 N–H and O–H groups in total. The van der Waals surface area contributed by atoms with Crippen LogP contribution in [0.3, 0.4) is 0 Å². The number of aliphatic carboxylic acids is 1. The van der Waals surface area contributed by atoms with Crippen molar-refractivity contribution in [2.45, 2.75) is 52.7 Å². The van der Waals surface area contributed by atoms with Gasteiger partial charge in [0.15, 0.2) is 11.9 Å². The van der Waals surface area contributed by atoms with Crippen LogP contribution >= 0.6 is 11.6 Å². The first-order valence-electron chi connectivity index (χ1n) is 7.97. The number of amides is 1. The van der Waals surface area contributed by atoms with E-state index in [-0.39, 0.29) is 48.2 Å². The zero-order valence-corrected chi connectivity index (χ0v) is 18.6. The summed E-state index contributed by atoms with van der Waals surface area (Å²) < 4.78 is 5.13. The van der Waals surface area contributed by atoms with Crippen molar-refractivity contribution in [2.24, 2.45) is 5.41 Å². The number of alkyl carbamates (subject to hydrolysis) is 1. The minimum absolute atomic E-state index is 0. The smallest absolute Gasteiger partial charge is 0.550 e. The van der Waals surface area contributed by atoms with Gasteiger partial charge >= 0.3 is 35.7 Å². The van der Waals surface area contributed by atoms with Crippen LogP contribution in [0, 0.1) is 5.41 Å². The topological polar surface area (TPSA) is 95.5 Å². The van der Waals surface area contributed by atoms with E-state index in [1.165, 1.54) is 6.92 Å². The van der Waals surface area contributed by atoms with Crippen LogP contribution in [0.2, 0.25) is 5.02 Å². The van der Waals surface area contributed by atoms with Gasteiger partial charge in [0.2, 0.25) is 0 Å². The van der Waals surface area contributed by atoms with Crippen LogP contribution in [-0.2, 0) is 14.3 Å². The van der Waals surface area contributed by atoms with Crippen molar-refractivity contribution < 1.29 is 53.8 Å². The molecule has 0 aliphatic heterocycles. The van der Waals surface area contributed by atoms with Gasteiger partial charge in [-0.15, -0.1) is 0 Å². The molecule has 0 aliphatic rings. The first kappa shape index (κ1) is 24.9. The monoisotopic (exact) mass is 391 g/mol. The Morgan fingerprint density at radius 3 is 2.19 bits per heavy atom. The molecule has 0 bridgehead atoms. The maximum absolute atomic E-state index is 12.1. The third kappa shape index (κ3) is 8.54. The van der Waals surface area contributed by atoms with Gasteiger partial charge in [-0.05, 0) is 37.5 Å². The molecule has 138 valence electrons. The number of ketones is 1. The fourth-order valence-corrected chi connectivity index (χ4v) is 2.41. The molecule has 0 saturated heterocycles. The van der Waals surface area contributed by atoms with Gasteiger partial charge in [0.25, 0.3) is 0 Å². The van der Waals surface area contributed by atoms with Crippen molar-refractivity contribution in [1.29, 1.82) is 0 Å². The molecule has 1 rings (SSSR count). The number of rotatable bonds is 7. The molecular weight excluding hydrogens is 369 g/mol. The standard InChI is InChI=1S/C18H24ClNO5.Na/c1-11(16(23)18(2,3)4)25-17(24)20-14(9-10-15(21)22)12-5-7-13(19)8-6-12;/h5-8,11,14H,9-10H2,1-4H3,(H,20,24)(H,21,22);/q;+1/p-1. The molecule has 2 atom stereocenters. The molecule has 0 fully saturated rings. The van der Waals surface area contributed by atoms with Crippen molar-refractivity contribution >= 4 is 29.4 Å². The number of hydrogen-bond donors (Lipinski definition) is 1. The van der Waals surface area contributed by atoms with E-state index in [0.717, 1.165) is 0 Å². The van der Waals surface area contributed by atoms with Gasteiger partial charge in [-0.3, -0.25) is 4.79 Å². The van der Waals surface area contributed by atoms with Gasteiger partial charge < -0.3 is 20.0 Å². The number of halogens is 1. The van der Waals surface area contributed by atoms with Crippen LogP contribution in [0.1, 0.15) is 52.1 Å². The molecule has 2 unspecified atom stereocenters. The van der Waals surface area contributed by atoms with E-state index in [1.807, 2.05) is 0 Å². The molecule has 0 radical (unpaired) electrons. The van der Waals surface area contributed by atoms with Crippen molar-refractivity contribution in [2.75, 3.05) is 0 Å². The second-order valence-corrected chi connectivity index (χ2v) is 7.26. The Morgan fingerprint density at radius 1 is 1.19 bits per heavy atom. The van der Waals surface area contributed by atoms with E-state index in [0.29, 0.717) is 10.6 Å². The van der Waals surface area contributed by atoms with E-state index < -0.39 is 29.6 Å². The Hall–Kier alpha value is -1.08. The number of benzene rings is 1. The number of nitrogens with one attached hydrogen (secondary N) is 1. The van der Waals surface area contributed by atoms with E-state index in [9.17, 15) is 19.5 Å². The normalized spacial score (nSPS) is 13.1. The predicted molar refractivity (Wildman–Crippen MR) is 92.0 cm³/mol. The molecule has 0 aromatic heterocycles. The quantitative estimate of drug-likeness (QED) is 0.641. The predicted octanol–water partition coefficient (Wildman–Crippen LogP) is -0.355. The molecule has 0 heterocycles. The van der Waals surface area contributed by atoms with E-state index in [1.54, 1.807) is 45.0 Å². The molecule has 1 aromatic carbocycles. The molecule has 6 nitrogen and oxygen atoms in total. The third-order valence-corrected chi connectivity index (χ3v) is 3.85. The van der Waals surface area contributed by atoms with Crippen LogP contribution in [0.25, 0.3) is 0 Å². The minimum Gasteiger partial charge on any atom is -0.550 e. The van der Waals surface area contributed by atoms with Crippen molar-refractivity contribution in [3.63, 3.8) is 0 Å². The number of carboxylic acids is 1. The van der Waals surface area contributed by atoms with E-state index in [4.69, 9.17) is 16.3 Å². The summed E-state index contributed by atoms with van der Waals surface area (Å²) in [5.74, 6) is -1.43. The molecular formula is C18H23ClNNaO5. The molecule has 8 heteroatoms. The Labute approximate surface area is 180 Å². The zero-order valence-electron chi connectivity index (χ0n) is 15.8. The largest absolute Gasteiger partial charge is 1.00 e. The number of carbonyl (C=O) groups is 3. The SMILES string of the molecule is CC(OC(=O)NC(CCC(=O)[O-])c1ccc(Cl)cc1)C(=O)C(C)(C)C.[Na+]. The Morgan fingerprint density at radius 2 is 1.73 bits per heavy atom. The van der Waals surface area contributed by atoms with E-state index in [2.05, 4.69) is 5.32 Å². The fraction of sp³-hybridized carbons (Fsp3) is 0.500. The van der Waals surface area contributed by atoms with Crippen LogP contribution in [-0.4, -0.2) is 23.9 Å². The maximum atomic E-state index is 12.1. The number of carboxylic acid groups (broad SMARTS) is 1. The van der Waals surface area contributed by atoms with Crippen LogP contribution < -0.4 is 40.0 Å². The summed E-state index contributed by atoms with van der Waals surface area (Å²) in [6.07, 6.45) is -1.81. The van der Waals surface area contributed by atoms with Gasteiger partial charge in [0.05, 0.1) is 6.04 Å². The second kappa shape index (κ2) is 10.9. The number of Topliss-reactive ketones (excluding diaryl/α,β-unsaturated/α-hetero) is 1. The van der Waals surface area contributed by atoms with Gasteiger partial charge in [-0.1, -0.05) is 44.5 Å². The van der Waals surface area contributed by atoms with Crippen molar-refractivity contribution in [3.05, 3.63) is 34.9 Å². The average molecular weight is 392 g/mol. The number of ether oxygens (including phenoxy) is 1. The van der Waals surface area contributed by atoms with Crippen LogP contribution in [0.15, 0.2) is 24.3 Å². The van der Waals surface area contributed by atoms with Crippen LogP contribution in [0.4, 0.5) is 4.79 Å². The van der Waals surface area contributed by atoms with Gasteiger partial charge in [0, 0.05) is 16.4 Å². The third-order valence-electron chi connectivity index (χ3n) is 3.59. The summed E-state index contributed by atoms with van der Waals surface area (Å²) in [6.45, 7) is 6.72. The summed E-state index contributed by atoms with van der Waals surface area (Å²) in [6, 6.07) is 6.06. The fourth-order valence-electron chi connectivity index (χ4n) is 2.28. The van der Waals surface area contributed by atoms with Gasteiger partial charge in [-0.2, -0.15) is 0 Å². The molecule has 26 heavy (non-hydrogen) atoms. The molecule has 0 spiro atoms. The molecule has 0 saturated carbocycles. The average Bonchev–Trinajstić information content (AvgIpc) is 2.50. The summed E-state index contributed by atoms with van der Waals surface area (Å²) in [7, 11) is 0. The summed E-state index contributed by atoms with van der Waals surface area (Å²) in [4.78, 5) is 34.9. The van der Waals surface area contributed by atoms with Crippen LogP contribution in [0.5, 0.6) is 0 Å².